The summed E-state index contributed by atoms with van der Waals surface area (Å²) in [6.45, 7) is 0.511. The van der Waals surface area contributed by atoms with E-state index in [9.17, 15) is 9.59 Å². The fourth-order valence-corrected chi connectivity index (χ4v) is 2.96. The summed E-state index contributed by atoms with van der Waals surface area (Å²) in [5, 5.41) is 2.11. The van der Waals surface area contributed by atoms with Crippen LogP contribution >= 0.6 is 0 Å². The Morgan fingerprint density at radius 2 is 2.04 bits per heavy atom. The molecule has 0 spiro atoms. The molecule has 2 amide bonds. The largest absolute Gasteiger partial charge is 0.496 e. The minimum absolute atomic E-state index is 0.237. The van der Waals surface area contributed by atoms with Gasteiger partial charge in [0.15, 0.2) is 0 Å². The first-order valence-electron chi connectivity index (χ1n) is 7.90. The highest BCUT2D eigenvalue weighted by molar-refractivity contribution is 5.96. The number of carbonyl (C=O) groups is 2. The number of ether oxygens (including phenoxy) is 2. The Hall–Kier alpha value is -2.60. The van der Waals surface area contributed by atoms with E-state index < -0.39 is 12.1 Å². The molecule has 1 aliphatic heterocycles. The average molecular weight is 328 g/mol. The minimum Gasteiger partial charge on any atom is -0.496 e. The van der Waals surface area contributed by atoms with Gasteiger partial charge in [0.25, 0.3) is 0 Å². The van der Waals surface area contributed by atoms with E-state index in [4.69, 9.17) is 15.2 Å². The van der Waals surface area contributed by atoms with E-state index in [-0.39, 0.29) is 19.1 Å². The number of benzene rings is 2. The number of amides is 2. The molecule has 2 aromatic carbocycles. The third kappa shape index (κ3) is 3.05. The number of aryl methyl sites for hydroxylation is 1. The van der Waals surface area contributed by atoms with Crippen molar-refractivity contribution in [1.29, 1.82) is 0 Å². The van der Waals surface area contributed by atoms with Gasteiger partial charge in [0.2, 0.25) is 5.91 Å². The molecule has 0 saturated carbocycles. The van der Waals surface area contributed by atoms with Gasteiger partial charge in [0.1, 0.15) is 12.4 Å². The van der Waals surface area contributed by atoms with Gasteiger partial charge in [-0.1, -0.05) is 30.3 Å². The van der Waals surface area contributed by atoms with Gasteiger partial charge in [-0.05, 0) is 29.9 Å². The second kappa shape index (κ2) is 6.88. The fraction of sp³-hybridized carbons (Fsp3) is 0.333. The van der Waals surface area contributed by atoms with E-state index in [1.54, 1.807) is 7.11 Å². The van der Waals surface area contributed by atoms with Gasteiger partial charge in [-0.2, -0.15) is 0 Å². The van der Waals surface area contributed by atoms with E-state index in [2.05, 4.69) is 0 Å². The van der Waals surface area contributed by atoms with Crippen molar-refractivity contribution in [2.45, 2.75) is 18.9 Å². The molecular formula is C18H20N2O4. The van der Waals surface area contributed by atoms with Gasteiger partial charge in [0, 0.05) is 5.39 Å². The molecule has 2 N–H and O–H groups in total. The highest BCUT2D eigenvalue weighted by atomic mass is 16.6. The van der Waals surface area contributed by atoms with Crippen LogP contribution in [0, 0.1) is 0 Å². The van der Waals surface area contributed by atoms with Crippen LogP contribution in [0.25, 0.3) is 10.8 Å². The molecule has 1 unspecified atom stereocenters. The molecule has 1 fully saturated rings. The van der Waals surface area contributed by atoms with Crippen molar-refractivity contribution in [3.05, 3.63) is 42.0 Å². The van der Waals surface area contributed by atoms with Crippen LogP contribution in [0.15, 0.2) is 36.4 Å². The van der Waals surface area contributed by atoms with Gasteiger partial charge in [-0.25, -0.2) is 9.69 Å². The maximum absolute atomic E-state index is 12.2. The van der Waals surface area contributed by atoms with Crippen LogP contribution in [0.4, 0.5) is 4.79 Å². The number of hydrogen-bond acceptors (Lipinski definition) is 5. The molecular weight excluding hydrogens is 308 g/mol. The smallest absolute Gasteiger partial charge is 0.416 e. The molecule has 0 aromatic heterocycles. The Balaban J connectivity index is 1.74. The second-order valence-corrected chi connectivity index (χ2v) is 5.72. The lowest BCUT2D eigenvalue weighted by Gasteiger charge is -2.17. The van der Waals surface area contributed by atoms with Crippen molar-refractivity contribution in [3.63, 3.8) is 0 Å². The fourth-order valence-electron chi connectivity index (χ4n) is 2.96. The maximum Gasteiger partial charge on any atom is 0.416 e. The van der Waals surface area contributed by atoms with Crippen LogP contribution in [0.5, 0.6) is 5.75 Å². The van der Waals surface area contributed by atoms with Gasteiger partial charge in [0.05, 0.1) is 19.7 Å². The summed E-state index contributed by atoms with van der Waals surface area (Å²) in [5.41, 5.74) is 7.08. The van der Waals surface area contributed by atoms with Gasteiger partial charge in [-0.15, -0.1) is 0 Å². The third-order valence-electron chi connectivity index (χ3n) is 4.26. The van der Waals surface area contributed by atoms with Gasteiger partial charge in [-0.3, -0.25) is 4.79 Å². The van der Waals surface area contributed by atoms with Crippen molar-refractivity contribution in [1.82, 2.24) is 4.90 Å². The number of imide groups is 1. The molecule has 1 heterocycles. The molecule has 1 atom stereocenters. The minimum atomic E-state index is -0.725. The lowest BCUT2D eigenvalue weighted by Crippen LogP contribution is -2.44. The molecule has 0 bridgehead atoms. The summed E-state index contributed by atoms with van der Waals surface area (Å²) >= 11 is 0. The Morgan fingerprint density at radius 1 is 1.29 bits per heavy atom. The number of carbonyl (C=O) groups excluding carboxylic acids is 2. The number of fused-ring (bicyclic) bond motifs is 1. The number of cyclic esters (lactones) is 1. The Bertz CT molecular complexity index is 775. The molecule has 0 radical (unpaired) electrons. The zero-order chi connectivity index (χ0) is 17.1. The molecule has 0 aliphatic carbocycles. The Labute approximate surface area is 140 Å². The molecule has 126 valence electrons. The van der Waals surface area contributed by atoms with Crippen LogP contribution < -0.4 is 10.5 Å². The predicted molar refractivity (Wildman–Crippen MR) is 89.9 cm³/mol. The Kier molecular flexibility index (Phi) is 4.66. The summed E-state index contributed by atoms with van der Waals surface area (Å²) in [4.78, 5) is 24.8. The van der Waals surface area contributed by atoms with Gasteiger partial charge >= 0.3 is 6.09 Å². The molecule has 1 saturated heterocycles. The second-order valence-electron chi connectivity index (χ2n) is 5.72. The first kappa shape index (κ1) is 16.3. The Morgan fingerprint density at radius 3 is 2.71 bits per heavy atom. The molecule has 6 heteroatoms. The summed E-state index contributed by atoms with van der Waals surface area (Å²) in [5.74, 6) is 0.435. The molecule has 2 aromatic rings. The number of methoxy groups -OCH3 is 1. The average Bonchev–Trinajstić information content (AvgIpc) is 3.04. The normalized spacial score (nSPS) is 15.4. The predicted octanol–water partition coefficient (Wildman–Crippen LogP) is 2.09. The molecule has 1 aliphatic rings. The highest BCUT2D eigenvalue weighted by Gasteiger charge is 2.31. The van der Waals surface area contributed by atoms with Crippen molar-refractivity contribution >= 4 is 22.8 Å². The first-order chi connectivity index (χ1) is 11.6. The van der Waals surface area contributed by atoms with E-state index in [1.807, 2.05) is 36.4 Å². The van der Waals surface area contributed by atoms with E-state index >= 15 is 0 Å². The highest BCUT2D eigenvalue weighted by Crippen LogP contribution is 2.29. The zero-order valence-corrected chi connectivity index (χ0v) is 13.5. The number of hydrogen-bond donors (Lipinski definition) is 1. The van der Waals surface area contributed by atoms with Crippen LogP contribution in [-0.4, -0.2) is 43.2 Å². The lowest BCUT2D eigenvalue weighted by atomic mass is 9.98. The maximum atomic E-state index is 12.2. The van der Waals surface area contributed by atoms with Crippen LogP contribution in [0.2, 0.25) is 0 Å². The summed E-state index contributed by atoms with van der Waals surface area (Å²) in [6.07, 6.45) is 0.490. The summed E-state index contributed by atoms with van der Waals surface area (Å²) in [6, 6.07) is 11.1. The monoisotopic (exact) mass is 328 g/mol. The van der Waals surface area contributed by atoms with Crippen molar-refractivity contribution in [2.24, 2.45) is 5.73 Å². The zero-order valence-electron chi connectivity index (χ0n) is 13.5. The molecule has 24 heavy (non-hydrogen) atoms. The standard InChI is InChI=1S/C18H20N2O4/c1-23-16-9-7-12(13-4-2-3-5-14(13)16)6-8-15(19)17(21)20-10-11-24-18(20)22/h2-5,7,9,15H,6,8,10-11,19H2,1H3. The van der Waals surface area contributed by atoms with E-state index in [0.717, 1.165) is 27.0 Å². The topological polar surface area (TPSA) is 81.9 Å². The SMILES string of the molecule is COc1ccc(CCC(N)C(=O)N2CCOC2=O)c2ccccc12. The number of nitrogens with zero attached hydrogens (tertiary/aromatic N) is 1. The lowest BCUT2D eigenvalue weighted by molar-refractivity contribution is -0.129. The van der Waals surface area contributed by atoms with Crippen LogP contribution in [0.1, 0.15) is 12.0 Å². The van der Waals surface area contributed by atoms with Crippen molar-refractivity contribution in [2.75, 3.05) is 20.3 Å². The summed E-state index contributed by atoms with van der Waals surface area (Å²) < 4.78 is 10.2. The van der Waals surface area contributed by atoms with E-state index in [1.165, 1.54) is 0 Å². The molecule has 3 rings (SSSR count). The van der Waals surface area contributed by atoms with Crippen LogP contribution in [-0.2, 0) is 16.0 Å². The molecule has 6 nitrogen and oxygen atoms in total. The third-order valence-corrected chi connectivity index (χ3v) is 4.26. The van der Waals surface area contributed by atoms with Crippen molar-refractivity contribution < 1.29 is 19.1 Å². The van der Waals surface area contributed by atoms with Crippen LogP contribution in [0.3, 0.4) is 0 Å². The van der Waals surface area contributed by atoms with Gasteiger partial charge < -0.3 is 15.2 Å². The number of nitrogens with two attached hydrogens (primary N) is 1. The summed E-state index contributed by atoms with van der Waals surface area (Å²) in [7, 11) is 1.64. The first-order valence-corrected chi connectivity index (χ1v) is 7.90. The van der Waals surface area contributed by atoms with Crippen molar-refractivity contribution in [3.8, 4) is 5.75 Å². The number of rotatable bonds is 5. The van der Waals surface area contributed by atoms with E-state index in [0.29, 0.717) is 12.8 Å². The quantitative estimate of drug-likeness (QED) is 0.909.